The lowest BCUT2D eigenvalue weighted by molar-refractivity contribution is -0.139. The molecule has 2 aromatic rings. The molecule has 0 heterocycles. The van der Waals surface area contributed by atoms with Gasteiger partial charge < -0.3 is 15.0 Å². The molecule has 192 valence electrons. The highest BCUT2D eigenvalue weighted by atomic mass is 35.5. The van der Waals surface area contributed by atoms with Crippen LogP contribution in [0.15, 0.2) is 48.5 Å². The number of carbonyl (C=O) groups excluding carboxylic acids is 2. The van der Waals surface area contributed by atoms with Gasteiger partial charge in [-0.1, -0.05) is 48.9 Å². The predicted molar refractivity (Wildman–Crippen MR) is 139 cm³/mol. The number of methoxy groups -OCH3 is 1. The molecule has 35 heavy (non-hydrogen) atoms. The molecule has 0 unspecified atom stereocenters. The highest BCUT2D eigenvalue weighted by molar-refractivity contribution is 7.92. The third-order valence-electron chi connectivity index (χ3n) is 5.40. The van der Waals surface area contributed by atoms with Crippen LogP contribution in [-0.4, -0.2) is 63.7 Å². The number of halogens is 1. The molecular formula is C25H34ClN3O5S. The van der Waals surface area contributed by atoms with Crippen molar-refractivity contribution in [3.63, 3.8) is 0 Å². The maximum Gasteiger partial charge on any atom is 0.244 e. The molecule has 0 spiro atoms. The number of nitrogens with one attached hydrogen (secondary N) is 1. The van der Waals surface area contributed by atoms with Crippen LogP contribution in [0.3, 0.4) is 0 Å². The van der Waals surface area contributed by atoms with Crippen LogP contribution in [0.25, 0.3) is 0 Å². The summed E-state index contributed by atoms with van der Waals surface area (Å²) in [5.41, 5.74) is 1.24. The van der Waals surface area contributed by atoms with E-state index < -0.39 is 28.5 Å². The van der Waals surface area contributed by atoms with Crippen LogP contribution in [0.4, 0.5) is 5.69 Å². The molecule has 0 bridgehead atoms. The van der Waals surface area contributed by atoms with Crippen LogP contribution in [0.1, 0.15) is 32.8 Å². The Kier molecular flexibility index (Phi) is 10.4. The molecule has 0 aliphatic rings. The third-order valence-corrected chi connectivity index (χ3v) is 6.84. The summed E-state index contributed by atoms with van der Waals surface area (Å²) in [5, 5.41) is 3.08. The van der Waals surface area contributed by atoms with Crippen molar-refractivity contribution < 1.29 is 22.7 Å². The van der Waals surface area contributed by atoms with Crippen molar-refractivity contribution in [1.29, 1.82) is 0 Å². The number of amides is 2. The van der Waals surface area contributed by atoms with E-state index in [-0.39, 0.29) is 29.2 Å². The molecule has 0 aliphatic heterocycles. The molecule has 8 nitrogen and oxygen atoms in total. The van der Waals surface area contributed by atoms with Gasteiger partial charge in [0.05, 0.1) is 24.1 Å². The van der Waals surface area contributed by atoms with Gasteiger partial charge in [0, 0.05) is 12.6 Å². The molecule has 1 N–H and O–H groups in total. The van der Waals surface area contributed by atoms with E-state index in [0.717, 1.165) is 16.1 Å². The predicted octanol–water partition coefficient (Wildman–Crippen LogP) is 3.49. The third kappa shape index (κ3) is 8.14. The summed E-state index contributed by atoms with van der Waals surface area (Å²) >= 11 is 6.21. The fourth-order valence-corrected chi connectivity index (χ4v) is 4.79. The largest absolute Gasteiger partial charge is 0.495 e. The van der Waals surface area contributed by atoms with Crippen LogP contribution in [0.5, 0.6) is 5.75 Å². The van der Waals surface area contributed by atoms with Crippen molar-refractivity contribution >= 4 is 39.1 Å². The molecule has 0 radical (unpaired) electrons. The fraction of sp³-hybridized carbons (Fsp3) is 0.440. The van der Waals surface area contributed by atoms with Gasteiger partial charge in [-0.15, -0.1) is 0 Å². The number of sulfonamides is 1. The Morgan fingerprint density at radius 2 is 1.77 bits per heavy atom. The smallest absolute Gasteiger partial charge is 0.244 e. The number of hydrogen-bond acceptors (Lipinski definition) is 5. The van der Waals surface area contributed by atoms with Crippen LogP contribution in [-0.2, 0) is 26.0 Å². The van der Waals surface area contributed by atoms with E-state index in [9.17, 15) is 18.0 Å². The monoisotopic (exact) mass is 523 g/mol. The van der Waals surface area contributed by atoms with Gasteiger partial charge >= 0.3 is 0 Å². The SMILES string of the molecule is CC[C@@H](C(=O)NC(C)C)N(CCc1ccccc1)C(=O)CN(c1ccc(OC)c(Cl)c1)S(C)(=O)=O. The average Bonchev–Trinajstić information content (AvgIpc) is 2.79. The molecule has 0 saturated carbocycles. The summed E-state index contributed by atoms with van der Waals surface area (Å²) in [6.07, 6.45) is 1.92. The van der Waals surface area contributed by atoms with E-state index in [0.29, 0.717) is 18.6 Å². The first-order chi connectivity index (χ1) is 16.5. The van der Waals surface area contributed by atoms with Gasteiger partial charge in [-0.05, 0) is 50.5 Å². The number of nitrogens with zero attached hydrogens (tertiary/aromatic N) is 2. The van der Waals surface area contributed by atoms with E-state index in [1.165, 1.54) is 24.1 Å². The Labute approximate surface area is 213 Å². The van der Waals surface area contributed by atoms with Crippen LogP contribution >= 0.6 is 11.6 Å². The van der Waals surface area contributed by atoms with Crippen molar-refractivity contribution in [2.75, 3.05) is 30.8 Å². The Balaban J connectivity index is 2.39. The lowest BCUT2D eigenvalue weighted by Gasteiger charge is -2.33. The Bertz CT molecular complexity index is 1110. The summed E-state index contributed by atoms with van der Waals surface area (Å²) in [7, 11) is -2.38. The molecule has 2 rings (SSSR count). The second-order valence-corrected chi connectivity index (χ2v) is 10.8. The summed E-state index contributed by atoms with van der Waals surface area (Å²) in [6.45, 7) is 5.31. The molecule has 1 atom stereocenters. The first kappa shape index (κ1) is 28.5. The molecule has 2 amide bonds. The average molecular weight is 524 g/mol. The zero-order valence-corrected chi connectivity index (χ0v) is 22.4. The highest BCUT2D eigenvalue weighted by Crippen LogP contribution is 2.30. The van der Waals surface area contributed by atoms with Crippen molar-refractivity contribution in [2.45, 2.75) is 45.7 Å². The van der Waals surface area contributed by atoms with Gasteiger partial charge in [0.25, 0.3) is 0 Å². The number of benzene rings is 2. The van der Waals surface area contributed by atoms with Gasteiger partial charge in [0.1, 0.15) is 18.3 Å². The van der Waals surface area contributed by atoms with Gasteiger partial charge in [-0.2, -0.15) is 0 Å². The van der Waals surface area contributed by atoms with Crippen molar-refractivity contribution in [3.05, 3.63) is 59.1 Å². The van der Waals surface area contributed by atoms with Gasteiger partial charge in [-0.3, -0.25) is 13.9 Å². The normalized spacial score (nSPS) is 12.2. The number of carbonyl (C=O) groups is 2. The number of rotatable bonds is 12. The summed E-state index contributed by atoms with van der Waals surface area (Å²) in [5.74, 6) is -0.373. The van der Waals surface area contributed by atoms with E-state index in [2.05, 4.69) is 5.32 Å². The summed E-state index contributed by atoms with van der Waals surface area (Å²) < 4.78 is 31.4. The number of anilines is 1. The second-order valence-electron chi connectivity index (χ2n) is 8.50. The summed E-state index contributed by atoms with van der Waals surface area (Å²) in [4.78, 5) is 28.0. The number of ether oxygens (including phenoxy) is 1. The fourth-order valence-electron chi connectivity index (χ4n) is 3.70. The first-order valence-corrected chi connectivity index (χ1v) is 13.7. The molecule has 0 aromatic heterocycles. The Morgan fingerprint density at radius 1 is 1.11 bits per heavy atom. The lowest BCUT2D eigenvalue weighted by atomic mass is 10.1. The minimum atomic E-state index is -3.84. The van der Waals surface area contributed by atoms with Crippen LogP contribution in [0.2, 0.25) is 5.02 Å². The van der Waals surface area contributed by atoms with Crippen molar-refractivity contribution in [1.82, 2.24) is 10.2 Å². The molecule has 2 aromatic carbocycles. The molecular weight excluding hydrogens is 490 g/mol. The maximum atomic E-state index is 13.6. The molecule has 10 heteroatoms. The van der Waals surface area contributed by atoms with Gasteiger partial charge in [0.15, 0.2) is 0 Å². The van der Waals surface area contributed by atoms with E-state index in [4.69, 9.17) is 16.3 Å². The first-order valence-electron chi connectivity index (χ1n) is 11.4. The topological polar surface area (TPSA) is 96.0 Å². The minimum Gasteiger partial charge on any atom is -0.495 e. The van der Waals surface area contributed by atoms with E-state index in [1.54, 1.807) is 6.07 Å². The van der Waals surface area contributed by atoms with E-state index in [1.807, 2.05) is 51.1 Å². The number of hydrogen-bond donors (Lipinski definition) is 1. The van der Waals surface area contributed by atoms with Gasteiger partial charge in [-0.25, -0.2) is 8.42 Å². The zero-order valence-electron chi connectivity index (χ0n) is 20.8. The van der Waals surface area contributed by atoms with Gasteiger partial charge in [0.2, 0.25) is 21.8 Å². The van der Waals surface area contributed by atoms with Crippen molar-refractivity contribution in [2.24, 2.45) is 0 Å². The van der Waals surface area contributed by atoms with E-state index >= 15 is 0 Å². The highest BCUT2D eigenvalue weighted by Gasteiger charge is 2.31. The Hall–Kier alpha value is -2.78. The second kappa shape index (κ2) is 12.8. The maximum absolute atomic E-state index is 13.6. The Morgan fingerprint density at radius 3 is 2.29 bits per heavy atom. The molecule has 0 saturated heterocycles. The summed E-state index contributed by atoms with van der Waals surface area (Å²) in [6, 6.07) is 13.3. The molecule has 0 fully saturated rings. The quantitative estimate of drug-likeness (QED) is 0.459. The zero-order chi connectivity index (χ0) is 26.2. The minimum absolute atomic E-state index is 0.100. The van der Waals surface area contributed by atoms with Crippen molar-refractivity contribution in [3.8, 4) is 5.75 Å². The standard InChI is InChI=1S/C25H34ClN3O5S/c1-6-22(25(31)27-18(2)3)28(15-14-19-10-8-7-9-11-19)24(30)17-29(35(5,32)33)20-12-13-23(34-4)21(26)16-20/h7-13,16,18,22H,6,14-15,17H2,1-5H3,(H,27,31)/t22-/m0/s1. The molecule has 0 aliphatic carbocycles. The van der Waals surface area contributed by atoms with Crippen LogP contribution < -0.4 is 14.4 Å². The van der Waals surface area contributed by atoms with Crippen LogP contribution in [0, 0.1) is 0 Å². The lowest BCUT2D eigenvalue weighted by Crippen LogP contribution is -2.54.